The third kappa shape index (κ3) is 11.8. The monoisotopic (exact) mass is 294 g/mol. The zero-order chi connectivity index (χ0) is 15.9. The van der Waals surface area contributed by atoms with Crippen molar-refractivity contribution in [1.29, 1.82) is 0 Å². The largest absolute Gasteiger partial charge is 0.469 e. The molecule has 0 N–H and O–H groups in total. The zero-order valence-electron chi connectivity index (χ0n) is 13.2. The Balaban J connectivity index is 3.82. The topological polar surface area (TPSA) is 52.6 Å². The third-order valence-corrected chi connectivity index (χ3v) is 2.93. The van der Waals surface area contributed by atoms with Gasteiger partial charge in [0, 0.05) is 20.0 Å². The molecular formula is C17H26O4. The van der Waals surface area contributed by atoms with Crippen LogP contribution in [-0.4, -0.2) is 32.1 Å². The van der Waals surface area contributed by atoms with Crippen molar-refractivity contribution in [2.75, 3.05) is 14.2 Å². The summed E-state index contributed by atoms with van der Waals surface area (Å²) in [7, 11) is 3.05. The minimum atomic E-state index is -0.228. The summed E-state index contributed by atoms with van der Waals surface area (Å²) < 4.78 is 9.73. The summed E-state index contributed by atoms with van der Waals surface area (Å²) >= 11 is 0. The van der Waals surface area contributed by atoms with Gasteiger partial charge in [-0.1, -0.05) is 37.3 Å². The molecular weight excluding hydrogens is 268 g/mol. The second-order valence-electron chi connectivity index (χ2n) is 4.56. The quantitative estimate of drug-likeness (QED) is 0.254. The summed E-state index contributed by atoms with van der Waals surface area (Å²) in [4.78, 5) is 22.4. The van der Waals surface area contributed by atoms with E-state index in [9.17, 15) is 9.59 Å². The van der Waals surface area contributed by atoms with Crippen LogP contribution < -0.4 is 0 Å². The van der Waals surface area contributed by atoms with Crippen LogP contribution in [0.1, 0.15) is 39.0 Å². The highest BCUT2D eigenvalue weighted by Crippen LogP contribution is 2.02. The molecule has 0 aromatic heterocycles. The summed E-state index contributed by atoms with van der Waals surface area (Å²) in [5, 5.41) is 0. The molecule has 0 fully saturated rings. The Morgan fingerprint density at radius 3 is 2.29 bits per heavy atom. The van der Waals surface area contributed by atoms with Gasteiger partial charge in [0.1, 0.15) is 0 Å². The van der Waals surface area contributed by atoms with Crippen LogP contribution in [0.3, 0.4) is 0 Å². The van der Waals surface area contributed by atoms with E-state index in [0.717, 1.165) is 6.42 Å². The molecule has 0 aromatic rings. The lowest BCUT2D eigenvalue weighted by Gasteiger charge is -2.04. The number of carbonyl (C=O) groups is 2. The van der Waals surface area contributed by atoms with Crippen molar-refractivity contribution in [2.24, 2.45) is 0 Å². The van der Waals surface area contributed by atoms with Gasteiger partial charge in [-0.2, -0.15) is 0 Å². The maximum Gasteiger partial charge on any atom is 0.305 e. The number of ketones is 1. The van der Waals surface area contributed by atoms with Crippen molar-refractivity contribution in [2.45, 2.75) is 45.1 Å². The Morgan fingerprint density at radius 1 is 1.00 bits per heavy atom. The van der Waals surface area contributed by atoms with Crippen LogP contribution in [0.5, 0.6) is 0 Å². The van der Waals surface area contributed by atoms with Crippen molar-refractivity contribution in [3.63, 3.8) is 0 Å². The summed E-state index contributed by atoms with van der Waals surface area (Å²) in [5.74, 6) is -0.161. The number of hydrogen-bond donors (Lipinski definition) is 0. The Kier molecular flexibility index (Phi) is 12.2. The van der Waals surface area contributed by atoms with Crippen LogP contribution in [0.4, 0.5) is 0 Å². The molecule has 0 radical (unpaired) electrons. The minimum absolute atomic E-state index is 0.0665. The molecule has 0 aliphatic rings. The molecule has 0 aliphatic carbocycles. The number of methoxy groups -OCH3 is 2. The van der Waals surface area contributed by atoms with Gasteiger partial charge in [0.25, 0.3) is 0 Å². The summed E-state index contributed by atoms with van der Waals surface area (Å²) in [5.41, 5.74) is 0. The van der Waals surface area contributed by atoms with Crippen LogP contribution in [0, 0.1) is 0 Å². The smallest absolute Gasteiger partial charge is 0.305 e. The molecule has 118 valence electrons. The van der Waals surface area contributed by atoms with Gasteiger partial charge < -0.3 is 9.47 Å². The van der Waals surface area contributed by atoms with E-state index >= 15 is 0 Å². The van der Waals surface area contributed by atoms with Gasteiger partial charge in [0.05, 0.1) is 13.2 Å². The molecule has 0 rings (SSSR count). The normalized spacial score (nSPS) is 13.3. The molecule has 0 aliphatic heterocycles. The first kappa shape index (κ1) is 19.3. The third-order valence-electron chi connectivity index (χ3n) is 2.93. The summed E-state index contributed by atoms with van der Waals surface area (Å²) in [6, 6.07) is 0. The fourth-order valence-corrected chi connectivity index (χ4v) is 1.61. The predicted octanol–water partition coefficient (Wildman–Crippen LogP) is 3.38. The van der Waals surface area contributed by atoms with Gasteiger partial charge in [0.15, 0.2) is 5.78 Å². The Bertz CT molecular complexity index is 376. The highest BCUT2D eigenvalue weighted by Gasteiger charge is 2.01. The van der Waals surface area contributed by atoms with Gasteiger partial charge in [-0.05, 0) is 25.3 Å². The number of allylic oxidation sites excluding steroid dienone is 5. The number of ether oxygens (including phenoxy) is 2. The van der Waals surface area contributed by atoms with Gasteiger partial charge in [0.2, 0.25) is 0 Å². The first-order valence-electron chi connectivity index (χ1n) is 7.28. The van der Waals surface area contributed by atoms with Crippen molar-refractivity contribution >= 4 is 11.8 Å². The van der Waals surface area contributed by atoms with Gasteiger partial charge >= 0.3 is 5.97 Å². The predicted molar refractivity (Wildman–Crippen MR) is 84.0 cm³/mol. The van der Waals surface area contributed by atoms with Crippen LogP contribution in [0.2, 0.25) is 0 Å². The lowest BCUT2D eigenvalue weighted by molar-refractivity contribution is -0.140. The fraction of sp³-hybridized carbons (Fsp3) is 0.529. The van der Waals surface area contributed by atoms with Gasteiger partial charge in [-0.3, -0.25) is 9.59 Å². The zero-order valence-corrected chi connectivity index (χ0v) is 13.2. The van der Waals surface area contributed by atoms with E-state index in [-0.39, 0.29) is 17.9 Å². The van der Waals surface area contributed by atoms with E-state index < -0.39 is 0 Å². The SMILES string of the molecule is CCC(C=CC=CC=CC(=O)CCCCC(=O)OC)OC. The van der Waals surface area contributed by atoms with E-state index in [2.05, 4.69) is 11.7 Å². The lowest BCUT2D eigenvalue weighted by Crippen LogP contribution is -2.03. The fourth-order valence-electron chi connectivity index (χ4n) is 1.61. The van der Waals surface area contributed by atoms with Gasteiger partial charge in [-0.25, -0.2) is 0 Å². The van der Waals surface area contributed by atoms with E-state index in [1.54, 1.807) is 19.3 Å². The van der Waals surface area contributed by atoms with E-state index in [1.165, 1.54) is 7.11 Å². The highest BCUT2D eigenvalue weighted by atomic mass is 16.5. The van der Waals surface area contributed by atoms with Crippen molar-refractivity contribution in [3.05, 3.63) is 36.5 Å². The molecule has 1 atom stereocenters. The number of unbranched alkanes of at least 4 members (excludes halogenated alkanes) is 1. The average molecular weight is 294 g/mol. The lowest BCUT2D eigenvalue weighted by atomic mass is 10.1. The molecule has 0 bridgehead atoms. The van der Waals surface area contributed by atoms with Crippen LogP contribution in [0.15, 0.2) is 36.5 Å². The summed E-state index contributed by atoms with van der Waals surface area (Å²) in [6.07, 6.45) is 14.1. The van der Waals surface area contributed by atoms with Gasteiger partial charge in [-0.15, -0.1) is 0 Å². The average Bonchev–Trinajstić information content (AvgIpc) is 2.50. The molecule has 1 unspecified atom stereocenters. The minimum Gasteiger partial charge on any atom is -0.469 e. The Hall–Kier alpha value is -1.68. The van der Waals surface area contributed by atoms with Crippen molar-refractivity contribution in [1.82, 2.24) is 0 Å². The maximum atomic E-state index is 11.5. The Labute approximate surface area is 127 Å². The van der Waals surface area contributed by atoms with E-state index in [1.807, 2.05) is 24.3 Å². The van der Waals surface area contributed by atoms with Crippen molar-refractivity contribution in [3.8, 4) is 0 Å². The van der Waals surface area contributed by atoms with Crippen LogP contribution in [-0.2, 0) is 19.1 Å². The van der Waals surface area contributed by atoms with Crippen molar-refractivity contribution < 1.29 is 19.1 Å². The number of carbonyl (C=O) groups excluding carboxylic acids is 2. The second kappa shape index (κ2) is 13.3. The van der Waals surface area contributed by atoms with Crippen LogP contribution >= 0.6 is 0 Å². The van der Waals surface area contributed by atoms with E-state index in [4.69, 9.17) is 4.74 Å². The second-order valence-corrected chi connectivity index (χ2v) is 4.56. The molecule has 0 aromatic carbocycles. The number of rotatable bonds is 11. The molecule has 4 nitrogen and oxygen atoms in total. The molecule has 0 amide bonds. The van der Waals surface area contributed by atoms with Crippen LogP contribution in [0.25, 0.3) is 0 Å². The molecule has 4 heteroatoms. The molecule has 0 saturated carbocycles. The number of hydrogen-bond acceptors (Lipinski definition) is 4. The molecule has 21 heavy (non-hydrogen) atoms. The molecule has 0 heterocycles. The number of esters is 1. The molecule has 0 saturated heterocycles. The summed E-state index contributed by atoms with van der Waals surface area (Å²) in [6.45, 7) is 2.06. The standard InChI is InChI=1S/C17H26O4/c1-4-16(20-2)13-8-6-5-7-11-15(18)12-9-10-14-17(19)21-3/h5-8,11,13,16H,4,9-10,12,14H2,1-3H3. The van der Waals surface area contributed by atoms with E-state index in [0.29, 0.717) is 25.7 Å². The Morgan fingerprint density at radius 2 is 1.67 bits per heavy atom. The first-order valence-corrected chi connectivity index (χ1v) is 7.28. The first-order chi connectivity index (χ1) is 10.1. The maximum absolute atomic E-state index is 11.5. The highest BCUT2D eigenvalue weighted by molar-refractivity contribution is 5.89. The molecule has 0 spiro atoms.